The smallest absolute Gasteiger partial charge is 0.270 e. The van der Waals surface area contributed by atoms with Gasteiger partial charge in [0.2, 0.25) is 0 Å². The van der Waals surface area contributed by atoms with Gasteiger partial charge < -0.3 is 0 Å². The standard InChI is InChI=1S/C13H6NO3/c15-13-11-4-2-1-3-9(11)10-6-5-8(14(16)17)7-12(10)13/h1-2,4-7H. The van der Waals surface area contributed by atoms with Crippen LogP contribution < -0.4 is 0 Å². The molecule has 0 unspecified atom stereocenters. The van der Waals surface area contributed by atoms with Gasteiger partial charge in [0.15, 0.2) is 5.78 Å². The average Bonchev–Trinajstić information content (AvgIpc) is 2.64. The van der Waals surface area contributed by atoms with Gasteiger partial charge >= 0.3 is 0 Å². The lowest BCUT2D eigenvalue weighted by molar-refractivity contribution is -0.384. The quantitative estimate of drug-likeness (QED) is 0.471. The Morgan fingerprint density at radius 2 is 1.94 bits per heavy atom. The van der Waals surface area contributed by atoms with E-state index < -0.39 is 4.92 Å². The van der Waals surface area contributed by atoms with Crippen LogP contribution in [0.3, 0.4) is 0 Å². The van der Waals surface area contributed by atoms with Gasteiger partial charge in [0.05, 0.1) is 4.92 Å². The maximum absolute atomic E-state index is 12.0. The first-order valence-electron chi connectivity index (χ1n) is 5.02. The van der Waals surface area contributed by atoms with Gasteiger partial charge in [-0.25, -0.2) is 0 Å². The zero-order valence-corrected chi connectivity index (χ0v) is 8.64. The number of nitrogens with zero attached hydrogens (tertiary/aromatic N) is 1. The summed E-state index contributed by atoms with van der Waals surface area (Å²) in [5, 5.41) is 10.7. The number of nitro benzene ring substituents is 1. The third-order valence-corrected chi connectivity index (χ3v) is 2.83. The Hall–Kier alpha value is -2.49. The topological polar surface area (TPSA) is 60.2 Å². The molecule has 0 heterocycles. The summed E-state index contributed by atoms with van der Waals surface area (Å²) in [6.45, 7) is 0. The molecule has 0 saturated carbocycles. The van der Waals surface area contributed by atoms with Crippen LogP contribution in [-0.2, 0) is 0 Å². The van der Waals surface area contributed by atoms with E-state index in [9.17, 15) is 14.9 Å². The normalized spacial score (nSPS) is 12.1. The summed E-state index contributed by atoms with van der Waals surface area (Å²) in [6, 6.07) is 12.5. The zero-order chi connectivity index (χ0) is 12.0. The van der Waals surface area contributed by atoms with Crippen molar-refractivity contribution in [3.63, 3.8) is 0 Å². The molecule has 4 heteroatoms. The van der Waals surface area contributed by atoms with E-state index in [0.29, 0.717) is 11.1 Å². The van der Waals surface area contributed by atoms with E-state index in [4.69, 9.17) is 0 Å². The number of carbonyl (C=O) groups excluding carboxylic acids is 1. The number of non-ortho nitro benzene ring substituents is 1. The van der Waals surface area contributed by atoms with E-state index in [1.807, 2.05) is 0 Å². The van der Waals surface area contributed by atoms with Crippen LogP contribution in [0.4, 0.5) is 5.69 Å². The molecule has 0 atom stereocenters. The average molecular weight is 224 g/mol. The monoisotopic (exact) mass is 224 g/mol. The van der Waals surface area contributed by atoms with E-state index in [2.05, 4.69) is 6.07 Å². The Bertz CT molecular complexity index is 661. The van der Waals surface area contributed by atoms with Crippen LogP contribution >= 0.6 is 0 Å². The maximum Gasteiger partial charge on any atom is 0.270 e. The maximum atomic E-state index is 12.0. The van der Waals surface area contributed by atoms with E-state index in [1.165, 1.54) is 12.1 Å². The van der Waals surface area contributed by atoms with Crippen molar-refractivity contribution in [2.45, 2.75) is 0 Å². The van der Waals surface area contributed by atoms with Gasteiger partial charge in [-0.1, -0.05) is 18.2 Å². The van der Waals surface area contributed by atoms with E-state index in [0.717, 1.165) is 11.1 Å². The molecule has 0 bridgehead atoms. The van der Waals surface area contributed by atoms with Crippen molar-refractivity contribution in [2.24, 2.45) is 0 Å². The number of hydrogen-bond acceptors (Lipinski definition) is 3. The second-order valence-electron chi connectivity index (χ2n) is 3.77. The molecule has 3 rings (SSSR count). The van der Waals surface area contributed by atoms with Crippen molar-refractivity contribution in [3.8, 4) is 11.1 Å². The zero-order valence-electron chi connectivity index (χ0n) is 8.64. The third-order valence-electron chi connectivity index (χ3n) is 2.83. The third kappa shape index (κ3) is 1.27. The molecule has 0 N–H and O–H groups in total. The predicted octanol–water partition coefficient (Wildman–Crippen LogP) is 2.61. The van der Waals surface area contributed by atoms with Crippen LogP contribution in [0.2, 0.25) is 0 Å². The molecular formula is C13H6NO3. The van der Waals surface area contributed by atoms with Crippen LogP contribution in [0, 0.1) is 16.2 Å². The Kier molecular flexibility index (Phi) is 1.86. The molecule has 0 fully saturated rings. The van der Waals surface area contributed by atoms with Gasteiger partial charge in [-0.2, -0.15) is 0 Å². The van der Waals surface area contributed by atoms with E-state index in [1.54, 1.807) is 24.3 Å². The summed E-state index contributed by atoms with van der Waals surface area (Å²) in [7, 11) is 0. The summed E-state index contributed by atoms with van der Waals surface area (Å²) < 4.78 is 0. The minimum absolute atomic E-state index is 0.0649. The number of nitro groups is 1. The Morgan fingerprint density at radius 3 is 2.71 bits per heavy atom. The highest BCUT2D eigenvalue weighted by atomic mass is 16.6. The highest BCUT2D eigenvalue weighted by Gasteiger charge is 2.27. The lowest BCUT2D eigenvalue weighted by Crippen LogP contribution is -1.96. The second kappa shape index (κ2) is 3.25. The van der Waals surface area contributed by atoms with Crippen molar-refractivity contribution < 1.29 is 9.72 Å². The SMILES string of the molecule is O=C1c2ccc[c]c2-c2ccc([N+](=O)[O-])cc21. The van der Waals surface area contributed by atoms with Crippen molar-refractivity contribution >= 4 is 11.5 Å². The lowest BCUT2D eigenvalue weighted by Gasteiger charge is -1.97. The molecule has 1 aliphatic carbocycles. The number of ketones is 1. The van der Waals surface area contributed by atoms with Crippen molar-refractivity contribution in [2.75, 3.05) is 0 Å². The van der Waals surface area contributed by atoms with Crippen molar-refractivity contribution in [3.05, 3.63) is 63.7 Å². The largest absolute Gasteiger partial charge is 0.289 e. The van der Waals surface area contributed by atoms with Crippen LogP contribution in [-0.4, -0.2) is 10.7 Å². The van der Waals surface area contributed by atoms with Gasteiger partial charge in [-0.3, -0.25) is 14.9 Å². The summed E-state index contributed by atoms with van der Waals surface area (Å²) in [5.74, 6) is -0.171. The molecule has 0 spiro atoms. The number of rotatable bonds is 1. The fraction of sp³-hybridized carbons (Fsp3) is 0. The summed E-state index contributed by atoms with van der Waals surface area (Å²) in [6.07, 6.45) is 0. The van der Waals surface area contributed by atoms with Gasteiger partial charge in [0.25, 0.3) is 5.69 Å². The highest BCUT2D eigenvalue weighted by Crippen LogP contribution is 2.37. The fourth-order valence-corrected chi connectivity index (χ4v) is 2.05. The molecule has 1 aliphatic rings. The molecule has 4 nitrogen and oxygen atoms in total. The summed E-state index contributed by atoms with van der Waals surface area (Å²) in [4.78, 5) is 22.2. The van der Waals surface area contributed by atoms with Crippen LogP contribution in [0.15, 0.2) is 36.4 Å². The first-order chi connectivity index (χ1) is 8.18. The molecule has 2 aromatic rings. The van der Waals surface area contributed by atoms with Crippen LogP contribution in [0.25, 0.3) is 11.1 Å². The molecule has 81 valence electrons. The minimum Gasteiger partial charge on any atom is -0.289 e. The number of fused-ring (bicyclic) bond motifs is 3. The van der Waals surface area contributed by atoms with Gasteiger partial charge in [-0.15, -0.1) is 0 Å². The second-order valence-corrected chi connectivity index (χ2v) is 3.77. The first kappa shape index (κ1) is 9.72. The fourth-order valence-electron chi connectivity index (χ4n) is 2.05. The molecule has 0 saturated heterocycles. The number of hydrogen-bond donors (Lipinski definition) is 0. The van der Waals surface area contributed by atoms with Gasteiger partial charge in [0, 0.05) is 28.8 Å². The van der Waals surface area contributed by atoms with Gasteiger partial charge in [-0.05, 0) is 17.7 Å². The van der Waals surface area contributed by atoms with E-state index in [-0.39, 0.29) is 11.5 Å². The molecule has 2 aromatic carbocycles. The molecular weight excluding hydrogens is 218 g/mol. The summed E-state index contributed by atoms with van der Waals surface area (Å²) >= 11 is 0. The Labute approximate surface area is 96.7 Å². The molecule has 1 radical (unpaired) electrons. The summed E-state index contributed by atoms with van der Waals surface area (Å²) in [5.41, 5.74) is 2.32. The van der Waals surface area contributed by atoms with Gasteiger partial charge in [0.1, 0.15) is 0 Å². The molecule has 0 aliphatic heterocycles. The van der Waals surface area contributed by atoms with Crippen molar-refractivity contribution in [1.82, 2.24) is 0 Å². The molecule has 0 aromatic heterocycles. The number of carbonyl (C=O) groups is 1. The van der Waals surface area contributed by atoms with Crippen LogP contribution in [0.5, 0.6) is 0 Å². The lowest BCUT2D eigenvalue weighted by atomic mass is 10.1. The van der Waals surface area contributed by atoms with Crippen molar-refractivity contribution in [1.29, 1.82) is 0 Å². The molecule has 0 amide bonds. The Balaban J connectivity index is 2.28. The van der Waals surface area contributed by atoms with Crippen LogP contribution in [0.1, 0.15) is 15.9 Å². The molecule has 17 heavy (non-hydrogen) atoms. The minimum atomic E-state index is -0.500. The first-order valence-corrected chi connectivity index (χ1v) is 5.02. The highest BCUT2D eigenvalue weighted by molar-refractivity contribution is 6.21. The predicted molar refractivity (Wildman–Crippen MR) is 60.8 cm³/mol. The van der Waals surface area contributed by atoms with E-state index >= 15 is 0 Å². The number of benzene rings is 2. The Morgan fingerprint density at radius 1 is 1.12 bits per heavy atom.